The molecule has 0 fully saturated rings. The van der Waals surface area contributed by atoms with E-state index >= 15 is 0 Å². The molecule has 2 rings (SSSR count). The van der Waals surface area contributed by atoms with Crippen molar-refractivity contribution >= 4 is 27.3 Å². The molecule has 0 radical (unpaired) electrons. The lowest BCUT2D eigenvalue weighted by Crippen LogP contribution is -2.23. The summed E-state index contributed by atoms with van der Waals surface area (Å²) in [4.78, 5) is 12.5. The maximum Gasteiger partial charge on any atom is 0.281 e. The van der Waals surface area contributed by atoms with E-state index in [1.165, 1.54) is 0 Å². The first-order valence-electron chi connectivity index (χ1n) is 6.92. The van der Waals surface area contributed by atoms with E-state index in [1.54, 1.807) is 39.0 Å². The lowest BCUT2D eigenvalue weighted by molar-refractivity contribution is 0.386. The van der Waals surface area contributed by atoms with Crippen molar-refractivity contribution in [1.29, 1.82) is 5.26 Å². The molecule has 1 N–H and O–H groups in total. The zero-order chi connectivity index (χ0) is 17.1. The van der Waals surface area contributed by atoms with Crippen molar-refractivity contribution in [2.75, 3.05) is 0 Å². The minimum absolute atomic E-state index is 0.0292. The zero-order valence-electron chi connectivity index (χ0n) is 12.9. The number of nitriles is 1. The number of hydrogen-bond donors (Lipinski definition) is 1. The van der Waals surface area contributed by atoms with Crippen LogP contribution in [0.25, 0.3) is 0 Å². The Morgan fingerprint density at radius 3 is 2.61 bits per heavy atom. The molecule has 0 unspecified atom stereocenters. The van der Waals surface area contributed by atoms with Crippen molar-refractivity contribution in [1.82, 2.24) is 4.57 Å². The highest BCUT2D eigenvalue weighted by atomic mass is 79.9. The van der Waals surface area contributed by atoms with Crippen LogP contribution in [0.4, 0.5) is 11.4 Å². The zero-order valence-corrected chi connectivity index (χ0v) is 14.5. The fourth-order valence-electron chi connectivity index (χ4n) is 2.15. The molecule has 0 saturated heterocycles. The number of nitrogens with zero attached hydrogens (tertiary/aromatic N) is 4. The lowest BCUT2D eigenvalue weighted by atomic mass is 10.1. The number of rotatable bonds is 3. The van der Waals surface area contributed by atoms with Crippen LogP contribution in [0.2, 0.25) is 0 Å². The van der Waals surface area contributed by atoms with Crippen molar-refractivity contribution in [3.63, 3.8) is 0 Å². The second-order valence-electron chi connectivity index (χ2n) is 5.23. The van der Waals surface area contributed by atoms with Gasteiger partial charge in [-0.05, 0) is 39.0 Å². The van der Waals surface area contributed by atoms with Gasteiger partial charge in [0.25, 0.3) is 5.56 Å². The molecule has 2 aromatic rings. The van der Waals surface area contributed by atoms with E-state index in [-0.39, 0.29) is 23.2 Å². The Kier molecular flexibility index (Phi) is 4.96. The Morgan fingerprint density at radius 1 is 1.35 bits per heavy atom. The van der Waals surface area contributed by atoms with Gasteiger partial charge in [-0.15, -0.1) is 5.11 Å². The van der Waals surface area contributed by atoms with Gasteiger partial charge < -0.3 is 5.11 Å². The summed E-state index contributed by atoms with van der Waals surface area (Å²) in [6, 6.07) is 8.76. The Bertz CT molecular complexity index is 879. The molecular formula is C16H15BrN4O2. The highest BCUT2D eigenvalue weighted by Crippen LogP contribution is 2.29. The quantitative estimate of drug-likeness (QED) is 0.801. The number of benzene rings is 1. The monoisotopic (exact) mass is 374 g/mol. The molecule has 0 aliphatic carbocycles. The molecule has 1 aromatic heterocycles. The number of pyridine rings is 1. The highest BCUT2D eigenvalue weighted by Gasteiger charge is 2.20. The molecule has 118 valence electrons. The van der Waals surface area contributed by atoms with E-state index in [2.05, 4.69) is 26.2 Å². The van der Waals surface area contributed by atoms with Gasteiger partial charge in [-0.3, -0.25) is 9.36 Å². The maximum atomic E-state index is 12.5. The summed E-state index contributed by atoms with van der Waals surface area (Å²) in [7, 11) is 0. The van der Waals surface area contributed by atoms with E-state index in [4.69, 9.17) is 0 Å². The van der Waals surface area contributed by atoms with Crippen LogP contribution >= 0.6 is 15.9 Å². The number of aromatic nitrogens is 1. The Morgan fingerprint density at radius 2 is 2.04 bits per heavy atom. The molecule has 7 heteroatoms. The second kappa shape index (κ2) is 6.75. The molecule has 23 heavy (non-hydrogen) atoms. The average molecular weight is 375 g/mol. The molecule has 0 amide bonds. The molecule has 0 spiro atoms. The van der Waals surface area contributed by atoms with Gasteiger partial charge in [-0.2, -0.15) is 10.4 Å². The summed E-state index contributed by atoms with van der Waals surface area (Å²) in [5.74, 6) is -0.341. The Labute approximate surface area is 141 Å². The van der Waals surface area contributed by atoms with Crippen molar-refractivity contribution in [3.8, 4) is 11.9 Å². The highest BCUT2D eigenvalue weighted by molar-refractivity contribution is 9.10. The van der Waals surface area contributed by atoms with E-state index in [0.717, 1.165) is 9.04 Å². The molecule has 1 heterocycles. The van der Waals surface area contributed by atoms with Crippen molar-refractivity contribution in [2.45, 2.75) is 26.8 Å². The van der Waals surface area contributed by atoms with Gasteiger partial charge in [0.2, 0.25) is 5.88 Å². The smallest absolute Gasteiger partial charge is 0.281 e. The second-order valence-corrected chi connectivity index (χ2v) is 6.15. The van der Waals surface area contributed by atoms with Crippen LogP contribution in [0.1, 0.15) is 31.0 Å². The lowest BCUT2D eigenvalue weighted by Gasteiger charge is -2.15. The van der Waals surface area contributed by atoms with Crippen LogP contribution in [0.3, 0.4) is 0 Å². The van der Waals surface area contributed by atoms with Crippen LogP contribution in [0, 0.1) is 18.3 Å². The largest absolute Gasteiger partial charge is 0.493 e. The van der Waals surface area contributed by atoms with E-state index in [1.807, 2.05) is 12.1 Å². The van der Waals surface area contributed by atoms with Crippen molar-refractivity contribution < 1.29 is 5.11 Å². The molecule has 0 aliphatic heterocycles. The van der Waals surface area contributed by atoms with E-state index in [0.29, 0.717) is 11.3 Å². The topological polar surface area (TPSA) is 90.7 Å². The van der Waals surface area contributed by atoms with Gasteiger partial charge >= 0.3 is 0 Å². The van der Waals surface area contributed by atoms with E-state index < -0.39 is 5.56 Å². The molecule has 1 aromatic carbocycles. The third-order valence-corrected chi connectivity index (χ3v) is 3.80. The van der Waals surface area contributed by atoms with Gasteiger partial charge in [0.1, 0.15) is 11.6 Å². The van der Waals surface area contributed by atoms with Crippen LogP contribution in [-0.2, 0) is 0 Å². The minimum Gasteiger partial charge on any atom is -0.493 e. The molecule has 0 aliphatic rings. The summed E-state index contributed by atoms with van der Waals surface area (Å²) >= 11 is 3.34. The van der Waals surface area contributed by atoms with E-state index in [9.17, 15) is 15.2 Å². The molecule has 0 saturated carbocycles. The summed E-state index contributed by atoms with van der Waals surface area (Å²) in [5, 5.41) is 27.4. The van der Waals surface area contributed by atoms with Crippen LogP contribution in [0.5, 0.6) is 5.88 Å². The predicted octanol–water partition coefficient (Wildman–Crippen LogP) is 4.49. The maximum absolute atomic E-state index is 12.5. The number of hydrogen-bond acceptors (Lipinski definition) is 5. The fraction of sp³-hybridized carbons (Fsp3) is 0.250. The predicted molar refractivity (Wildman–Crippen MR) is 90.5 cm³/mol. The average Bonchev–Trinajstić information content (AvgIpc) is 2.47. The number of azo groups is 1. The third-order valence-electron chi connectivity index (χ3n) is 3.31. The van der Waals surface area contributed by atoms with Gasteiger partial charge in [0, 0.05) is 16.1 Å². The molecule has 6 nitrogen and oxygen atoms in total. The van der Waals surface area contributed by atoms with Crippen LogP contribution in [0.15, 0.2) is 43.8 Å². The van der Waals surface area contributed by atoms with Gasteiger partial charge in [-0.25, -0.2) is 0 Å². The minimum atomic E-state index is -0.479. The summed E-state index contributed by atoms with van der Waals surface area (Å²) < 4.78 is 1.98. The van der Waals surface area contributed by atoms with Gasteiger partial charge in [0.15, 0.2) is 5.69 Å². The first kappa shape index (κ1) is 16.9. The van der Waals surface area contributed by atoms with Crippen molar-refractivity contribution in [3.05, 3.63) is 50.2 Å². The van der Waals surface area contributed by atoms with Crippen LogP contribution < -0.4 is 5.56 Å². The third kappa shape index (κ3) is 3.32. The molecule has 0 bridgehead atoms. The molecular weight excluding hydrogens is 360 g/mol. The first-order chi connectivity index (χ1) is 10.9. The first-order valence-corrected chi connectivity index (χ1v) is 7.71. The summed E-state index contributed by atoms with van der Waals surface area (Å²) in [5.41, 5.74) is 0.480. The normalized spacial score (nSPS) is 11.1. The number of halogens is 1. The summed E-state index contributed by atoms with van der Waals surface area (Å²) in [6.07, 6.45) is 0. The van der Waals surface area contributed by atoms with Gasteiger partial charge in [0.05, 0.1) is 5.69 Å². The fourth-order valence-corrected chi connectivity index (χ4v) is 2.54. The SMILES string of the molecule is Cc1c(C#N)c(O)n(C(C)C)c(=O)c1N=Nc1cccc(Br)c1. The number of aromatic hydroxyl groups is 1. The van der Waals surface area contributed by atoms with Crippen LogP contribution in [-0.4, -0.2) is 9.67 Å². The van der Waals surface area contributed by atoms with Gasteiger partial charge in [-0.1, -0.05) is 22.0 Å². The Balaban J connectivity index is 2.65. The summed E-state index contributed by atoms with van der Waals surface area (Å²) in [6.45, 7) is 5.05. The molecule has 0 atom stereocenters. The Hall–Kier alpha value is -2.46. The van der Waals surface area contributed by atoms with Crippen molar-refractivity contribution in [2.24, 2.45) is 10.2 Å². The standard InChI is InChI=1S/C16H15BrN4O2/c1-9(2)21-15(22)13(8-18)10(3)14(16(21)23)20-19-12-6-4-5-11(17)7-12/h4-7,9,22H,1-3H3.